The van der Waals surface area contributed by atoms with Crippen molar-refractivity contribution in [2.24, 2.45) is 0 Å². The Morgan fingerprint density at radius 1 is 1.25 bits per heavy atom. The number of oxazole rings is 1. The Bertz CT molecular complexity index is 563. The predicted octanol–water partition coefficient (Wildman–Crippen LogP) is 1.55. The Balaban J connectivity index is 1.64. The molecule has 1 aliphatic rings. The Labute approximate surface area is 117 Å². The summed E-state index contributed by atoms with van der Waals surface area (Å²) in [6.45, 7) is 5.02. The summed E-state index contributed by atoms with van der Waals surface area (Å²) < 4.78 is 21.8. The largest absolute Gasteiger partial charge is 0.494 e. The van der Waals surface area contributed by atoms with Crippen molar-refractivity contribution in [3.8, 4) is 11.5 Å². The van der Waals surface area contributed by atoms with Crippen LogP contribution in [0.3, 0.4) is 0 Å². The number of morpholine rings is 1. The van der Waals surface area contributed by atoms with Crippen molar-refractivity contribution < 1.29 is 18.6 Å². The number of nitrogens with zero attached hydrogens (tertiary/aromatic N) is 2. The average molecular weight is 278 g/mol. The number of methoxy groups -OCH3 is 1. The van der Waals surface area contributed by atoms with Gasteiger partial charge in [0.1, 0.15) is 12.4 Å². The lowest BCUT2D eigenvalue weighted by Crippen LogP contribution is -2.38. The van der Waals surface area contributed by atoms with Crippen LogP contribution in [0.15, 0.2) is 22.9 Å². The summed E-state index contributed by atoms with van der Waals surface area (Å²) in [5, 5.41) is 0. The van der Waals surface area contributed by atoms with Crippen LogP contribution < -0.4 is 9.47 Å². The minimum Gasteiger partial charge on any atom is -0.494 e. The van der Waals surface area contributed by atoms with E-state index in [1.165, 1.54) is 6.39 Å². The van der Waals surface area contributed by atoms with Crippen molar-refractivity contribution in [2.75, 3.05) is 46.6 Å². The lowest BCUT2D eigenvalue weighted by atomic mass is 10.3. The summed E-state index contributed by atoms with van der Waals surface area (Å²) in [7, 11) is 1.61. The molecule has 108 valence electrons. The second-order valence-corrected chi connectivity index (χ2v) is 4.60. The van der Waals surface area contributed by atoms with E-state index in [0.717, 1.165) is 32.8 Å². The second kappa shape index (κ2) is 6.11. The van der Waals surface area contributed by atoms with Crippen LogP contribution in [0.1, 0.15) is 0 Å². The van der Waals surface area contributed by atoms with Gasteiger partial charge in [0.05, 0.1) is 20.3 Å². The maximum atomic E-state index is 5.81. The topological polar surface area (TPSA) is 57.0 Å². The number of benzene rings is 1. The first-order valence-corrected chi connectivity index (χ1v) is 6.71. The average Bonchev–Trinajstić information content (AvgIpc) is 2.98. The molecule has 0 amide bonds. The molecule has 0 bridgehead atoms. The molecule has 0 aliphatic carbocycles. The first kappa shape index (κ1) is 13.2. The summed E-state index contributed by atoms with van der Waals surface area (Å²) in [5.41, 5.74) is 1.32. The second-order valence-electron chi connectivity index (χ2n) is 4.60. The van der Waals surface area contributed by atoms with Gasteiger partial charge in [0.2, 0.25) is 0 Å². The van der Waals surface area contributed by atoms with Crippen LogP contribution >= 0.6 is 0 Å². The Morgan fingerprint density at radius 2 is 2.05 bits per heavy atom. The fourth-order valence-corrected chi connectivity index (χ4v) is 2.29. The van der Waals surface area contributed by atoms with Crippen LogP contribution in [0.2, 0.25) is 0 Å². The Hall–Kier alpha value is -1.79. The zero-order valence-electron chi connectivity index (χ0n) is 11.5. The molecule has 0 spiro atoms. The molecule has 0 unspecified atom stereocenters. The molecule has 0 N–H and O–H groups in total. The summed E-state index contributed by atoms with van der Waals surface area (Å²) in [6, 6.07) is 3.70. The highest BCUT2D eigenvalue weighted by Crippen LogP contribution is 2.31. The van der Waals surface area contributed by atoms with Gasteiger partial charge in [0.25, 0.3) is 0 Å². The SMILES string of the molecule is COc1ccc(OCCN2CCOCC2)c2ocnc12. The first-order chi connectivity index (χ1) is 9.88. The molecular weight excluding hydrogens is 260 g/mol. The zero-order chi connectivity index (χ0) is 13.8. The minimum atomic E-state index is 0.613. The van der Waals surface area contributed by atoms with Gasteiger partial charge in [0, 0.05) is 19.6 Å². The Kier molecular flexibility index (Phi) is 4.03. The van der Waals surface area contributed by atoms with Crippen molar-refractivity contribution in [3.05, 3.63) is 18.5 Å². The van der Waals surface area contributed by atoms with Gasteiger partial charge in [-0.1, -0.05) is 0 Å². The summed E-state index contributed by atoms with van der Waals surface area (Å²) >= 11 is 0. The molecule has 0 saturated carbocycles. The van der Waals surface area contributed by atoms with Crippen molar-refractivity contribution >= 4 is 11.1 Å². The van der Waals surface area contributed by atoms with Crippen LogP contribution in [-0.2, 0) is 4.74 Å². The molecule has 3 rings (SSSR count). The molecule has 0 radical (unpaired) electrons. The summed E-state index contributed by atoms with van der Waals surface area (Å²) in [5.74, 6) is 1.39. The van der Waals surface area contributed by atoms with Gasteiger partial charge in [0.15, 0.2) is 23.2 Å². The van der Waals surface area contributed by atoms with Crippen LogP contribution in [-0.4, -0.2) is 56.4 Å². The molecule has 1 aromatic carbocycles. The number of fused-ring (bicyclic) bond motifs is 1. The van der Waals surface area contributed by atoms with E-state index >= 15 is 0 Å². The highest BCUT2D eigenvalue weighted by molar-refractivity contribution is 5.84. The standard InChI is InChI=1S/C14H18N2O4/c1-17-11-2-3-12(14-13(11)15-10-20-14)19-9-6-16-4-7-18-8-5-16/h2-3,10H,4-9H2,1H3. The molecule has 1 aliphatic heterocycles. The monoisotopic (exact) mass is 278 g/mol. The molecular formula is C14H18N2O4. The number of rotatable bonds is 5. The van der Waals surface area contributed by atoms with E-state index < -0.39 is 0 Å². The first-order valence-electron chi connectivity index (χ1n) is 6.71. The van der Waals surface area contributed by atoms with Gasteiger partial charge in [-0.15, -0.1) is 0 Å². The number of hydrogen-bond acceptors (Lipinski definition) is 6. The third-order valence-electron chi connectivity index (χ3n) is 3.40. The predicted molar refractivity (Wildman–Crippen MR) is 73.3 cm³/mol. The van der Waals surface area contributed by atoms with Gasteiger partial charge in [-0.3, -0.25) is 4.90 Å². The third-order valence-corrected chi connectivity index (χ3v) is 3.40. The number of hydrogen-bond donors (Lipinski definition) is 0. The molecule has 2 aromatic rings. The lowest BCUT2D eigenvalue weighted by molar-refractivity contribution is 0.0323. The zero-order valence-corrected chi connectivity index (χ0v) is 11.5. The molecule has 1 saturated heterocycles. The molecule has 0 atom stereocenters. The molecule has 2 heterocycles. The van der Waals surface area contributed by atoms with Crippen LogP contribution in [0.25, 0.3) is 11.1 Å². The third kappa shape index (κ3) is 2.71. The normalized spacial score (nSPS) is 16.4. The highest BCUT2D eigenvalue weighted by Gasteiger charge is 2.13. The summed E-state index contributed by atoms with van der Waals surface area (Å²) in [6.07, 6.45) is 1.40. The van der Waals surface area contributed by atoms with E-state index in [1.807, 2.05) is 12.1 Å². The molecule has 1 fully saturated rings. The van der Waals surface area contributed by atoms with Gasteiger partial charge < -0.3 is 18.6 Å². The highest BCUT2D eigenvalue weighted by atomic mass is 16.5. The molecule has 1 aromatic heterocycles. The maximum Gasteiger partial charge on any atom is 0.200 e. The van der Waals surface area contributed by atoms with Crippen molar-refractivity contribution in [1.82, 2.24) is 9.88 Å². The number of ether oxygens (including phenoxy) is 3. The van der Waals surface area contributed by atoms with Crippen molar-refractivity contribution in [3.63, 3.8) is 0 Å². The van der Waals surface area contributed by atoms with Crippen LogP contribution in [0, 0.1) is 0 Å². The van der Waals surface area contributed by atoms with E-state index in [2.05, 4.69) is 9.88 Å². The van der Waals surface area contributed by atoms with E-state index in [-0.39, 0.29) is 0 Å². The van der Waals surface area contributed by atoms with Gasteiger partial charge >= 0.3 is 0 Å². The van der Waals surface area contributed by atoms with Crippen molar-refractivity contribution in [2.45, 2.75) is 0 Å². The van der Waals surface area contributed by atoms with E-state index in [4.69, 9.17) is 18.6 Å². The quantitative estimate of drug-likeness (QED) is 0.827. The van der Waals surface area contributed by atoms with E-state index in [9.17, 15) is 0 Å². The smallest absolute Gasteiger partial charge is 0.200 e. The minimum absolute atomic E-state index is 0.613. The van der Waals surface area contributed by atoms with E-state index in [0.29, 0.717) is 29.2 Å². The molecule has 20 heavy (non-hydrogen) atoms. The molecule has 6 nitrogen and oxygen atoms in total. The maximum absolute atomic E-state index is 5.81. The van der Waals surface area contributed by atoms with Gasteiger partial charge in [-0.05, 0) is 12.1 Å². The van der Waals surface area contributed by atoms with Gasteiger partial charge in [-0.2, -0.15) is 0 Å². The Morgan fingerprint density at radius 3 is 2.85 bits per heavy atom. The number of aromatic nitrogens is 1. The van der Waals surface area contributed by atoms with E-state index in [1.54, 1.807) is 7.11 Å². The lowest BCUT2D eigenvalue weighted by Gasteiger charge is -2.26. The fraction of sp³-hybridized carbons (Fsp3) is 0.500. The van der Waals surface area contributed by atoms with Crippen LogP contribution in [0.4, 0.5) is 0 Å². The van der Waals surface area contributed by atoms with Crippen LogP contribution in [0.5, 0.6) is 11.5 Å². The van der Waals surface area contributed by atoms with Gasteiger partial charge in [-0.25, -0.2) is 4.98 Å². The van der Waals surface area contributed by atoms with Crippen molar-refractivity contribution in [1.29, 1.82) is 0 Å². The fourth-order valence-electron chi connectivity index (χ4n) is 2.29. The summed E-state index contributed by atoms with van der Waals surface area (Å²) in [4.78, 5) is 6.47. The molecule has 6 heteroatoms.